The molecule has 0 aromatic heterocycles. The van der Waals surface area contributed by atoms with Crippen LogP contribution in [-0.4, -0.2) is 39.3 Å². The van der Waals surface area contributed by atoms with Crippen molar-refractivity contribution in [3.05, 3.63) is 29.8 Å². The van der Waals surface area contributed by atoms with E-state index in [2.05, 4.69) is 5.32 Å². The van der Waals surface area contributed by atoms with Crippen molar-refractivity contribution in [2.45, 2.75) is 6.04 Å². The van der Waals surface area contributed by atoms with Crippen LogP contribution in [-0.2, 0) is 4.74 Å². The number of benzene rings is 1. The maximum atomic E-state index is 11.8. The molecule has 3 N–H and O–H groups in total. The van der Waals surface area contributed by atoms with Crippen LogP contribution in [0.25, 0.3) is 0 Å². The zero-order chi connectivity index (χ0) is 12.7. The number of rotatable bonds is 6. The molecule has 94 valence electrons. The zero-order valence-corrected chi connectivity index (χ0v) is 10.1. The first-order chi connectivity index (χ1) is 8.21. The number of ether oxygens (including phenoxy) is 2. The molecule has 1 atom stereocenters. The average molecular weight is 238 g/mol. The Bertz CT molecular complexity index is 351. The van der Waals surface area contributed by atoms with Gasteiger partial charge in [-0.3, -0.25) is 4.79 Å². The van der Waals surface area contributed by atoms with Crippen LogP contribution < -0.4 is 15.8 Å². The van der Waals surface area contributed by atoms with Gasteiger partial charge in [-0.25, -0.2) is 0 Å². The van der Waals surface area contributed by atoms with Crippen molar-refractivity contribution in [1.82, 2.24) is 5.32 Å². The molecule has 1 unspecified atom stereocenters. The van der Waals surface area contributed by atoms with Crippen LogP contribution in [0.15, 0.2) is 24.3 Å². The largest absolute Gasteiger partial charge is 0.497 e. The van der Waals surface area contributed by atoms with Gasteiger partial charge >= 0.3 is 0 Å². The van der Waals surface area contributed by atoms with E-state index in [-0.39, 0.29) is 11.9 Å². The number of carbonyl (C=O) groups excluding carboxylic acids is 1. The Morgan fingerprint density at radius 3 is 2.47 bits per heavy atom. The number of hydrogen-bond acceptors (Lipinski definition) is 4. The Morgan fingerprint density at radius 2 is 2.00 bits per heavy atom. The predicted molar refractivity (Wildman–Crippen MR) is 65.2 cm³/mol. The standard InChI is InChI=1S/C12H18N2O3/c1-16-8-10(7-13)14-12(15)9-3-5-11(17-2)6-4-9/h3-6,10H,7-8,13H2,1-2H3,(H,14,15). The Kier molecular flexibility index (Phi) is 5.45. The van der Waals surface area contributed by atoms with Gasteiger partial charge in [0.25, 0.3) is 5.91 Å². The van der Waals surface area contributed by atoms with Gasteiger partial charge in [-0.2, -0.15) is 0 Å². The van der Waals surface area contributed by atoms with Crippen molar-refractivity contribution < 1.29 is 14.3 Å². The summed E-state index contributed by atoms with van der Waals surface area (Å²) >= 11 is 0. The second-order valence-corrected chi connectivity index (χ2v) is 3.59. The molecule has 0 heterocycles. The summed E-state index contributed by atoms with van der Waals surface area (Å²) in [6, 6.07) is 6.71. The van der Waals surface area contributed by atoms with E-state index in [1.807, 2.05) is 0 Å². The lowest BCUT2D eigenvalue weighted by molar-refractivity contribution is 0.0900. The summed E-state index contributed by atoms with van der Waals surface area (Å²) in [4.78, 5) is 11.8. The topological polar surface area (TPSA) is 73.6 Å². The smallest absolute Gasteiger partial charge is 0.251 e. The van der Waals surface area contributed by atoms with Crippen molar-refractivity contribution in [2.24, 2.45) is 5.73 Å². The molecule has 1 rings (SSSR count). The average Bonchev–Trinajstić information content (AvgIpc) is 2.38. The van der Waals surface area contributed by atoms with E-state index in [0.717, 1.165) is 0 Å². The highest BCUT2D eigenvalue weighted by molar-refractivity contribution is 5.94. The monoisotopic (exact) mass is 238 g/mol. The van der Waals surface area contributed by atoms with E-state index in [0.29, 0.717) is 24.5 Å². The number of methoxy groups -OCH3 is 2. The molecule has 1 aromatic rings. The first-order valence-corrected chi connectivity index (χ1v) is 5.35. The van der Waals surface area contributed by atoms with Gasteiger partial charge in [-0.15, -0.1) is 0 Å². The van der Waals surface area contributed by atoms with Crippen molar-refractivity contribution in [1.29, 1.82) is 0 Å². The Labute approximate surface area is 101 Å². The van der Waals surface area contributed by atoms with Gasteiger partial charge in [-0.1, -0.05) is 0 Å². The third-order valence-electron chi connectivity index (χ3n) is 2.34. The van der Waals surface area contributed by atoms with Gasteiger partial charge < -0.3 is 20.5 Å². The molecule has 0 aliphatic rings. The Hall–Kier alpha value is -1.59. The maximum Gasteiger partial charge on any atom is 0.251 e. The van der Waals surface area contributed by atoms with Gasteiger partial charge in [0.05, 0.1) is 19.8 Å². The van der Waals surface area contributed by atoms with Crippen LogP contribution in [0.5, 0.6) is 5.75 Å². The van der Waals surface area contributed by atoms with Gasteiger partial charge in [0.1, 0.15) is 5.75 Å². The molecule has 0 bridgehead atoms. The fraction of sp³-hybridized carbons (Fsp3) is 0.417. The van der Waals surface area contributed by atoms with Gasteiger partial charge in [0.2, 0.25) is 0 Å². The fourth-order valence-electron chi connectivity index (χ4n) is 1.38. The third kappa shape index (κ3) is 4.05. The minimum absolute atomic E-state index is 0.167. The number of amides is 1. The number of nitrogens with two attached hydrogens (primary N) is 1. The summed E-state index contributed by atoms with van der Waals surface area (Å²) in [7, 11) is 3.15. The molecule has 1 aromatic carbocycles. The molecule has 0 aliphatic carbocycles. The van der Waals surface area contributed by atoms with Crippen molar-refractivity contribution in [3.63, 3.8) is 0 Å². The molecule has 0 aliphatic heterocycles. The lowest BCUT2D eigenvalue weighted by Gasteiger charge is -2.15. The fourth-order valence-corrected chi connectivity index (χ4v) is 1.38. The lowest BCUT2D eigenvalue weighted by atomic mass is 10.2. The summed E-state index contributed by atoms with van der Waals surface area (Å²) in [5, 5.41) is 2.79. The first-order valence-electron chi connectivity index (χ1n) is 5.35. The predicted octanol–water partition coefficient (Wildman–Crippen LogP) is 0.399. The van der Waals surface area contributed by atoms with Crippen LogP contribution >= 0.6 is 0 Å². The normalized spacial score (nSPS) is 11.9. The summed E-state index contributed by atoms with van der Waals surface area (Å²) in [5.41, 5.74) is 6.09. The molecular weight excluding hydrogens is 220 g/mol. The highest BCUT2D eigenvalue weighted by Crippen LogP contribution is 2.11. The van der Waals surface area contributed by atoms with Crippen LogP contribution in [0.1, 0.15) is 10.4 Å². The second-order valence-electron chi connectivity index (χ2n) is 3.59. The SMILES string of the molecule is COCC(CN)NC(=O)c1ccc(OC)cc1. The van der Waals surface area contributed by atoms with E-state index in [1.165, 1.54) is 0 Å². The second kappa shape index (κ2) is 6.88. The quantitative estimate of drug-likeness (QED) is 0.752. The molecule has 0 spiro atoms. The van der Waals surface area contributed by atoms with Crippen molar-refractivity contribution in [2.75, 3.05) is 27.4 Å². The highest BCUT2D eigenvalue weighted by atomic mass is 16.5. The zero-order valence-electron chi connectivity index (χ0n) is 10.1. The summed E-state index contributed by atoms with van der Waals surface area (Å²) in [6.07, 6.45) is 0. The summed E-state index contributed by atoms with van der Waals surface area (Å²) in [5.74, 6) is 0.550. The van der Waals surface area contributed by atoms with Crippen molar-refractivity contribution in [3.8, 4) is 5.75 Å². The molecule has 0 radical (unpaired) electrons. The van der Waals surface area contributed by atoms with Gasteiger partial charge in [0, 0.05) is 19.2 Å². The van der Waals surface area contributed by atoms with Gasteiger partial charge in [-0.05, 0) is 24.3 Å². The molecule has 17 heavy (non-hydrogen) atoms. The van der Waals surface area contributed by atoms with E-state index >= 15 is 0 Å². The highest BCUT2D eigenvalue weighted by Gasteiger charge is 2.11. The Morgan fingerprint density at radius 1 is 1.35 bits per heavy atom. The van der Waals surface area contributed by atoms with Gasteiger partial charge in [0.15, 0.2) is 0 Å². The van der Waals surface area contributed by atoms with E-state index in [1.54, 1.807) is 38.5 Å². The molecule has 5 heteroatoms. The number of hydrogen-bond donors (Lipinski definition) is 2. The van der Waals surface area contributed by atoms with Crippen LogP contribution in [0.3, 0.4) is 0 Å². The number of carbonyl (C=O) groups is 1. The van der Waals surface area contributed by atoms with E-state index in [9.17, 15) is 4.79 Å². The molecule has 0 fully saturated rings. The van der Waals surface area contributed by atoms with Crippen LogP contribution in [0.2, 0.25) is 0 Å². The summed E-state index contributed by atoms with van der Waals surface area (Å²) in [6.45, 7) is 0.744. The molecule has 1 amide bonds. The summed E-state index contributed by atoms with van der Waals surface area (Å²) < 4.78 is 9.97. The van der Waals surface area contributed by atoms with Crippen LogP contribution in [0, 0.1) is 0 Å². The molecular formula is C12H18N2O3. The van der Waals surface area contributed by atoms with Crippen LogP contribution in [0.4, 0.5) is 0 Å². The first kappa shape index (κ1) is 13.5. The maximum absolute atomic E-state index is 11.8. The Balaban J connectivity index is 2.62. The molecule has 5 nitrogen and oxygen atoms in total. The minimum atomic E-state index is -0.172. The minimum Gasteiger partial charge on any atom is -0.497 e. The third-order valence-corrected chi connectivity index (χ3v) is 2.34. The molecule has 0 saturated heterocycles. The lowest BCUT2D eigenvalue weighted by Crippen LogP contribution is -2.43. The molecule has 0 saturated carbocycles. The number of nitrogens with one attached hydrogen (secondary N) is 1. The van der Waals surface area contributed by atoms with E-state index in [4.69, 9.17) is 15.2 Å². The van der Waals surface area contributed by atoms with Crippen molar-refractivity contribution >= 4 is 5.91 Å². The van der Waals surface area contributed by atoms with E-state index < -0.39 is 0 Å².